The zero-order chi connectivity index (χ0) is 20.0. The van der Waals surface area contributed by atoms with Crippen LogP contribution in [-0.4, -0.2) is 24.5 Å². The third-order valence-electron chi connectivity index (χ3n) is 5.45. The third kappa shape index (κ3) is 19.3. The SMILES string of the molecule is CCCCCCCCCCCCCCCCN1CCC(C)C1.N#CNC#N. The summed E-state index contributed by atoms with van der Waals surface area (Å²) in [7, 11) is 0. The molecule has 1 aliphatic rings. The van der Waals surface area contributed by atoms with Crippen LogP contribution < -0.4 is 5.32 Å². The van der Waals surface area contributed by atoms with Crippen molar-refractivity contribution in [3.05, 3.63) is 0 Å². The van der Waals surface area contributed by atoms with Gasteiger partial charge in [-0.25, -0.2) is 5.32 Å². The lowest BCUT2D eigenvalue weighted by Gasteiger charge is -2.14. The summed E-state index contributed by atoms with van der Waals surface area (Å²) in [5.74, 6) is 0.951. The molecule has 0 aromatic heterocycles. The molecular formula is C23H44N4. The largest absolute Gasteiger partial charge is 0.303 e. The number of nitrogens with zero attached hydrogens (tertiary/aromatic N) is 3. The molecule has 0 radical (unpaired) electrons. The zero-order valence-electron chi connectivity index (χ0n) is 18.1. The molecule has 1 unspecified atom stereocenters. The average Bonchev–Trinajstić information content (AvgIpc) is 3.08. The molecule has 1 aliphatic heterocycles. The Bertz CT molecular complexity index is 371. The van der Waals surface area contributed by atoms with Crippen LogP contribution in [0.25, 0.3) is 0 Å². The second kappa shape index (κ2) is 21.0. The topological polar surface area (TPSA) is 62.9 Å². The fourth-order valence-electron chi connectivity index (χ4n) is 3.78. The molecule has 1 rings (SSSR count). The van der Waals surface area contributed by atoms with Gasteiger partial charge in [-0.1, -0.05) is 97.3 Å². The maximum Gasteiger partial charge on any atom is 0.190 e. The molecule has 1 heterocycles. The standard InChI is InChI=1S/C21H43N.C2HN3/c1-3-4-5-6-7-8-9-10-11-12-13-14-15-16-18-22-19-17-21(2)20-22;3-1-5-2-4/h21H,3-20H2,1-2H3;5H. The van der Waals surface area contributed by atoms with Crippen LogP contribution in [0.4, 0.5) is 0 Å². The molecule has 0 bridgehead atoms. The van der Waals surface area contributed by atoms with Crippen molar-refractivity contribution in [2.75, 3.05) is 19.6 Å². The molecule has 0 spiro atoms. The van der Waals surface area contributed by atoms with Crippen LogP contribution >= 0.6 is 0 Å². The summed E-state index contributed by atoms with van der Waals surface area (Å²) < 4.78 is 0. The van der Waals surface area contributed by atoms with Crippen LogP contribution in [0.15, 0.2) is 0 Å². The van der Waals surface area contributed by atoms with Crippen LogP contribution in [0.2, 0.25) is 0 Å². The lowest BCUT2D eigenvalue weighted by Crippen LogP contribution is -2.21. The molecular weight excluding hydrogens is 332 g/mol. The molecule has 27 heavy (non-hydrogen) atoms. The number of hydrogen-bond acceptors (Lipinski definition) is 4. The van der Waals surface area contributed by atoms with Gasteiger partial charge in [-0.15, -0.1) is 0 Å². The van der Waals surface area contributed by atoms with E-state index in [-0.39, 0.29) is 0 Å². The van der Waals surface area contributed by atoms with Crippen molar-refractivity contribution in [3.8, 4) is 12.4 Å². The predicted octanol–water partition coefficient (Wildman–Crippen LogP) is 6.35. The van der Waals surface area contributed by atoms with Crippen LogP contribution in [0.5, 0.6) is 0 Å². The summed E-state index contributed by atoms with van der Waals surface area (Å²) >= 11 is 0. The van der Waals surface area contributed by atoms with Gasteiger partial charge in [0.1, 0.15) is 0 Å². The molecule has 1 atom stereocenters. The maximum absolute atomic E-state index is 7.48. The number of rotatable bonds is 15. The highest BCUT2D eigenvalue weighted by atomic mass is 15.1. The van der Waals surface area contributed by atoms with Crippen molar-refractivity contribution in [1.82, 2.24) is 10.2 Å². The van der Waals surface area contributed by atoms with E-state index in [4.69, 9.17) is 10.5 Å². The molecule has 0 saturated carbocycles. The number of unbranched alkanes of at least 4 members (excludes halogenated alkanes) is 13. The Balaban J connectivity index is 0.00000119. The first-order valence-corrected chi connectivity index (χ1v) is 11.5. The highest BCUT2D eigenvalue weighted by Gasteiger charge is 2.17. The van der Waals surface area contributed by atoms with E-state index < -0.39 is 0 Å². The monoisotopic (exact) mass is 376 g/mol. The van der Waals surface area contributed by atoms with Crippen LogP contribution in [0.1, 0.15) is 110 Å². The summed E-state index contributed by atoms with van der Waals surface area (Å²) in [6.07, 6.45) is 24.7. The van der Waals surface area contributed by atoms with E-state index in [0.717, 1.165) is 5.92 Å². The maximum atomic E-state index is 7.48. The van der Waals surface area contributed by atoms with Gasteiger partial charge in [-0.2, -0.15) is 10.5 Å². The van der Waals surface area contributed by atoms with Crippen molar-refractivity contribution >= 4 is 0 Å². The van der Waals surface area contributed by atoms with E-state index in [1.165, 1.54) is 128 Å². The van der Waals surface area contributed by atoms with Gasteiger partial charge in [0.05, 0.1) is 0 Å². The number of nitriles is 2. The van der Waals surface area contributed by atoms with Crippen molar-refractivity contribution < 1.29 is 0 Å². The van der Waals surface area contributed by atoms with Gasteiger partial charge in [-0.05, 0) is 31.8 Å². The number of likely N-dealkylation sites (tertiary alicyclic amines) is 1. The van der Waals surface area contributed by atoms with Crippen molar-refractivity contribution in [2.24, 2.45) is 5.92 Å². The minimum Gasteiger partial charge on any atom is -0.303 e. The number of hydrogen-bond donors (Lipinski definition) is 1. The van der Waals surface area contributed by atoms with Crippen molar-refractivity contribution in [3.63, 3.8) is 0 Å². The minimum absolute atomic E-state index is 0.951. The summed E-state index contributed by atoms with van der Waals surface area (Å²) in [4.78, 5) is 2.67. The minimum atomic E-state index is 0.951. The first-order valence-electron chi connectivity index (χ1n) is 11.5. The van der Waals surface area contributed by atoms with Crippen LogP contribution in [0.3, 0.4) is 0 Å². The molecule has 0 aromatic rings. The lowest BCUT2D eigenvalue weighted by molar-refractivity contribution is 0.317. The molecule has 4 nitrogen and oxygen atoms in total. The Morgan fingerprint density at radius 1 is 0.778 bits per heavy atom. The van der Waals surface area contributed by atoms with Gasteiger partial charge in [0.25, 0.3) is 0 Å². The van der Waals surface area contributed by atoms with Gasteiger partial charge in [-0.3, -0.25) is 0 Å². The quantitative estimate of drug-likeness (QED) is 0.205. The Kier molecular flexibility index (Phi) is 20.1. The molecule has 0 aromatic carbocycles. The van der Waals surface area contributed by atoms with Crippen molar-refractivity contribution in [2.45, 2.75) is 110 Å². The van der Waals surface area contributed by atoms with E-state index in [9.17, 15) is 0 Å². The fourth-order valence-corrected chi connectivity index (χ4v) is 3.78. The Hall–Kier alpha value is -1.26. The van der Waals surface area contributed by atoms with Gasteiger partial charge in [0.15, 0.2) is 12.4 Å². The molecule has 1 N–H and O–H groups in total. The number of nitrogens with one attached hydrogen (secondary N) is 1. The Morgan fingerprint density at radius 2 is 1.22 bits per heavy atom. The fraction of sp³-hybridized carbons (Fsp3) is 0.913. The van der Waals surface area contributed by atoms with Crippen LogP contribution in [0, 0.1) is 28.8 Å². The first kappa shape index (κ1) is 25.7. The Labute approximate surface area is 169 Å². The first-order chi connectivity index (χ1) is 13.2. The summed E-state index contributed by atoms with van der Waals surface area (Å²) in [6, 6.07) is 0. The second-order valence-electron chi connectivity index (χ2n) is 8.14. The Morgan fingerprint density at radius 3 is 1.56 bits per heavy atom. The second-order valence-corrected chi connectivity index (χ2v) is 8.14. The van der Waals surface area contributed by atoms with E-state index in [1.54, 1.807) is 5.32 Å². The summed E-state index contributed by atoms with van der Waals surface area (Å²) in [5.41, 5.74) is 0. The zero-order valence-corrected chi connectivity index (χ0v) is 18.1. The van der Waals surface area contributed by atoms with Gasteiger partial charge >= 0.3 is 0 Å². The van der Waals surface area contributed by atoms with E-state index in [0.29, 0.717) is 0 Å². The van der Waals surface area contributed by atoms with Crippen LogP contribution in [-0.2, 0) is 0 Å². The van der Waals surface area contributed by atoms with Gasteiger partial charge in [0.2, 0.25) is 0 Å². The van der Waals surface area contributed by atoms with E-state index in [1.807, 2.05) is 0 Å². The van der Waals surface area contributed by atoms with E-state index >= 15 is 0 Å². The predicted molar refractivity (Wildman–Crippen MR) is 115 cm³/mol. The van der Waals surface area contributed by atoms with Gasteiger partial charge in [0, 0.05) is 6.54 Å². The molecule has 0 aliphatic carbocycles. The lowest BCUT2D eigenvalue weighted by atomic mass is 10.0. The normalized spacial score (nSPS) is 16.2. The summed E-state index contributed by atoms with van der Waals surface area (Å²) in [6.45, 7) is 8.78. The smallest absolute Gasteiger partial charge is 0.190 e. The molecule has 4 heteroatoms. The molecule has 156 valence electrons. The third-order valence-corrected chi connectivity index (χ3v) is 5.45. The van der Waals surface area contributed by atoms with Crippen molar-refractivity contribution in [1.29, 1.82) is 10.5 Å². The summed E-state index contributed by atoms with van der Waals surface area (Å²) in [5, 5.41) is 16.7. The average molecular weight is 377 g/mol. The van der Waals surface area contributed by atoms with Gasteiger partial charge < -0.3 is 4.90 Å². The molecule has 0 amide bonds. The highest BCUT2D eigenvalue weighted by Crippen LogP contribution is 2.16. The highest BCUT2D eigenvalue weighted by molar-refractivity contribution is 4.77. The van der Waals surface area contributed by atoms with E-state index in [2.05, 4.69) is 18.7 Å². The molecule has 1 fully saturated rings. The molecule has 1 saturated heterocycles.